The van der Waals surface area contributed by atoms with E-state index >= 15 is 0 Å². The van der Waals surface area contributed by atoms with Crippen molar-refractivity contribution in [3.8, 4) is 6.07 Å². The molecule has 0 saturated heterocycles. The highest BCUT2D eigenvalue weighted by atomic mass is 35.5. The summed E-state index contributed by atoms with van der Waals surface area (Å²) in [4.78, 5) is 0. The third kappa shape index (κ3) is 3.81. The highest BCUT2D eigenvalue weighted by Crippen LogP contribution is 1.99. The maximum Gasteiger partial charge on any atom is 0.278 e. The van der Waals surface area contributed by atoms with Crippen LogP contribution in [0.15, 0.2) is 0 Å². The summed E-state index contributed by atoms with van der Waals surface area (Å²) in [5, 5.41) is 7.86. The van der Waals surface area contributed by atoms with Crippen LogP contribution in [-0.2, 0) is 4.74 Å². The third-order valence-corrected chi connectivity index (χ3v) is 0.480. The van der Waals surface area contributed by atoms with Crippen LogP contribution < -0.4 is 5.73 Å². The van der Waals surface area contributed by atoms with Gasteiger partial charge in [0.05, 0.1) is 0 Å². The van der Waals surface area contributed by atoms with Gasteiger partial charge < -0.3 is 4.74 Å². The Kier molecular flexibility index (Phi) is 3.44. The van der Waals surface area contributed by atoms with Crippen molar-refractivity contribution in [2.24, 2.45) is 5.73 Å². The molecule has 0 radical (unpaired) electrons. The highest BCUT2D eigenvalue weighted by Gasteiger charge is 2.05. The SMILES string of the molecule is N#CC(N)OC(F)Cl. The molecule has 0 amide bonds. The first-order valence-electron chi connectivity index (χ1n) is 1.75. The summed E-state index contributed by atoms with van der Waals surface area (Å²) in [6.07, 6.45) is -1.28. The Balaban J connectivity index is 3.28. The number of nitrogens with zero attached hydrogens (tertiary/aromatic N) is 1. The minimum absolute atomic E-state index is 1.28. The van der Waals surface area contributed by atoms with Crippen molar-refractivity contribution >= 4 is 11.6 Å². The van der Waals surface area contributed by atoms with Crippen molar-refractivity contribution in [3.05, 3.63) is 0 Å². The molecule has 0 aromatic rings. The zero-order valence-electron chi connectivity index (χ0n) is 3.84. The fourth-order valence-electron chi connectivity index (χ4n) is 0.141. The van der Waals surface area contributed by atoms with Gasteiger partial charge in [-0.2, -0.15) is 9.65 Å². The quantitative estimate of drug-likeness (QED) is 0.441. The van der Waals surface area contributed by atoms with Crippen molar-refractivity contribution in [2.75, 3.05) is 0 Å². The number of alkyl halides is 2. The molecule has 2 atom stereocenters. The van der Waals surface area contributed by atoms with E-state index in [1.807, 2.05) is 0 Å². The molecule has 5 heteroatoms. The van der Waals surface area contributed by atoms with Crippen molar-refractivity contribution in [2.45, 2.75) is 12.0 Å². The molecule has 0 aliphatic rings. The topological polar surface area (TPSA) is 59.0 Å². The lowest BCUT2D eigenvalue weighted by Gasteiger charge is -2.01. The van der Waals surface area contributed by atoms with Crippen molar-refractivity contribution < 1.29 is 9.13 Å². The van der Waals surface area contributed by atoms with Crippen LogP contribution in [0.4, 0.5) is 4.39 Å². The molecule has 0 aromatic heterocycles. The standard InChI is InChI=1S/C3H4ClFN2O/c4-3(5)8-2(7)1-6/h2-3H,7H2. The lowest BCUT2D eigenvalue weighted by molar-refractivity contribution is -0.00591. The van der Waals surface area contributed by atoms with Crippen LogP contribution in [0.2, 0.25) is 0 Å². The monoisotopic (exact) mass is 138 g/mol. The Hall–Kier alpha value is -0.370. The zero-order chi connectivity index (χ0) is 6.57. The maximum absolute atomic E-state index is 11.5. The number of rotatable bonds is 2. The summed E-state index contributed by atoms with van der Waals surface area (Å²) in [6.45, 7) is 0. The second-order valence-electron chi connectivity index (χ2n) is 0.946. The van der Waals surface area contributed by atoms with E-state index in [0.29, 0.717) is 0 Å². The molecule has 8 heavy (non-hydrogen) atoms. The third-order valence-electron chi connectivity index (χ3n) is 0.377. The smallest absolute Gasteiger partial charge is 0.278 e. The molecule has 0 aliphatic heterocycles. The number of nitrogens with two attached hydrogens (primary N) is 1. The Morgan fingerprint density at radius 2 is 2.38 bits per heavy atom. The van der Waals surface area contributed by atoms with E-state index in [1.54, 1.807) is 0 Å². The molecule has 0 aromatic carbocycles. The van der Waals surface area contributed by atoms with E-state index in [9.17, 15) is 4.39 Å². The van der Waals surface area contributed by atoms with Gasteiger partial charge in [0, 0.05) is 0 Å². The predicted octanol–water partition coefficient (Wildman–Crippen LogP) is 0.303. The molecular weight excluding hydrogens is 134 g/mol. The molecule has 0 heterocycles. The molecule has 0 rings (SSSR count). The van der Waals surface area contributed by atoms with Crippen LogP contribution in [0.1, 0.15) is 0 Å². The Morgan fingerprint density at radius 3 is 2.50 bits per heavy atom. The number of hydrogen-bond acceptors (Lipinski definition) is 3. The molecular formula is C3H4ClFN2O. The first-order valence-corrected chi connectivity index (χ1v) is 2.19. The van der Waals surface area contributed by atoms with Gasteiger partial charge >= 0.3 is 0 Å². The molecule has 46 valence electrons. The molecule has 0 saturated carbocycles. The fourth-order valence-corrected chi connectivity index (χ4v) is 0.252. The van der Waals surface area contributed by atoms with Crippen LogP contribution in [0.25, 0.3) is 0 Å². The van der Waals surface area contributed by atoms with Crippen molar-refractivity contribution in [1.29, 1.82) is 5.26 Å². The van der Waals surface area contributed by atoms with Crippen molar-refractivity contribution in [1.82, 2.24) is 0 Å². The van der Waals surface area contributed by atoms with Gasteiger partial charge in [-0.3, -0.25) is 5.73 Å². The van der Waals surface area contributed by atoms with Gasteiger partial charge in [-0.25, -0.2) is 0 Å². The average molecular weight is 139 g/mol. The normalized spacial score (nSPS) is 16.8. The minimum atomic E-state index is -2.00. The Bertz CT molecular complexity index is 102. The average Bonchev–Trinajstić information content (AvgIpc) is 1.65. The van der Waals surface area contributed by atoms with Crippen LogP contribution in [0.3, 0.4) is 0 Å². The fraction of sp³-hybridized carbons (Fsp3) is 0.667. The van der Waals surface area contributed by atoms with Gasteiger partial charge in [0.25, 0.3) is 5.82 Å². The van der Waals surface area contributed by atoms with Gasteiger partial charge in [0.2, 0.25) is 0 Å². The van der Waals surface area contributed by atoms with Gasteiger partial charge in [-0.1, -0.05) is 11.6 Å². The van der Waals surface area contributed by atoms with E-state index in [2.05, 4.69) is 16.3 Å². The number of ether oxygens (including phenoxy) is 1. The Morgan fingerprint density at radius 1 is 1.88 bits per heavy atom. The van der Waals surface area contributed by atoms with E-state index in [1.165, 1.54) is 6.07 Å². The van der Waals surface area contributed by atoms with E-state index in [-0.39, 0.29) is 0 Å². The van der Waals surface area contributed by atoms with E-state index < -0.39 is 12.0 Å². The van der Waals surface area contributed by atoms with Crippen LogP contribution in [0, 0.1) is 11.3 Å². The highest BCUT2D eigenvalue weighted by molar-refractivity contribution is 6.18. The first-order chi connectivity index (χ1) is 3.66. The number of nitriles is 1. The predicted molar refractivity (Wildman–Crippen MR) is 25.4 cm³/mol. The maximum atomic E-state index is 11.5. The summed E-state index contributed by atoms with van der Waals surface area (Å²) in [6, 6.07) is 1.43. The van der Waals surface area contributed by atoms with E-state index in [0.717, 1.165) is 0 Å². The van der Waals surface area contributed by atoms with Gasteiger partial charge in [0.1, 0.15) is 6.07 Å². The van der Waals surface area contributed by atoms with Gasteiger partial charge in [-0.05, 0) is 0 Å². The number of hydrogen-bond donors (Lipinski definition) is 1. The summed E-state index contributed by atoms with van der Waals surface area (Å²) in [5.41, 5.74) is 4.77. The van der Waals surface area contributed by atoms with Gasteiger partial charge in [0.15, 0.2) is 6.23 Å². The molecule has 0 bridgehead atoms. The van der Waals surface area contributed by atoms with Crippen LogP contribution in [-0.4, -0.2) is 12.0 Å². The number of halogens is 2. The summed E-state index contributed by atoms with van der Waals surface area (Å²) in [5.74, 6) is -2.00. The minimum Gasteiger partial charge on any atom is -0.304 e. The summed E-state index contributed by atoms with van der Waals surface area (Å²) >= 11 is 4.63. The Labute approximate surface area is 50.8 Å². The van der Waals surface area contributed by atoms with Crippen LogP contribution in [0.5, 0.6) is 0 Å². The second-order valence-corrected chi connectivity index (χ2v) is 1.29. The lowest BCUT2D eigenvalue weighted by Crippen LogP contribution is -2.23. The molecule has 2 unspecified atom stereocenters. The van der Waals surface area contributed by atoms with Crippen molar-refractivity contribution in [3.63, 3.8) is 0 Å². The molecule has 0 fully saturated rings. The molecule has 0 aliphatic carbocycles. The largest absolute Gasteiger partial charge is 0.304 e. The van der Waals surface area contributed by atoms with E-state index in [4.69, 9.17) is 11.0 Å². The molecule has 3 nitrogen and oxygen atoms in total. The van der Waals surface area contributed by atoms with Crippen LogP contribution >= 0.6 is 11.6 Å². The molecule has 0 spiro atoms. The second kappa shape index (κ2) is 3.61. The summed E-state index contributed by atoms with van der Waals surface area (Å²) in [7, 11) is 0. The first kappa shape index (κ1) is 7.63. The van der Waals surface area contributed by atoms with Gasteiger partial charge in [-0.15, -0.1) is 0 Å². The molecule has 2 N–H and O–H groups in total. The zero-order valence-corrected chi connectivity index (χ0v) is 4.60. The lowest BCUT2D eigenvalue weighted by atomic mass is 10.7. The summed E-state index contributed by atoms with van der Waals surface area (Å²) < 4.78 is 15.4.